The van der Waals surface area contributed by atoms with E-state index in [9.17, 15) is 18.0 Å². The van der Waals surface area contributed by atoms with E-state index in [-0.39, 0.29) is 17.7 Å². The first-order chi connectivity index (χ1) is 13.3. The summed E-state index contributed by atoms with van der Waals surface area (Å²) in [6, 6.07) is 11.1. The number of hydrogen-bond donors (Lipinski definition) is 1. The lowest BCUT2D eigenvalue weighted by Gasteiger charge is -2.28. The predicted octanol–water partition coefficient (Wildman–Crippen LogP) is 3.98. The van der Waals surface area contributed by atoms with E-state index in [0.29, 0.717) is 41.6 Å². The number of benzene rings is 2. The summed E-state index contributed by atoms with van der Waals surface area (Å²) < 4.78 is 41.8. The van der Waals surface area contributed by atoms with Crippen molar-refractivity contribution in [3.63, 3.8) is 0 Å². The van der Waals surface area contributed by atoms with E-state index in [1.165, 1.54) is 18.2 Å². The zero-order chi connectivity index (χ0) is 20.1. The lowest BCUT2D eigenvalue weighted by atomic mass is 9.94. The fourth-order valence-corrected chi connectivity index (χ4v) is 4.34. The average molecular weight is 390 g/mol. The first-order valence-corrected chi connectivity index (χ1v) is 9.25. The van der Waals surface area contributed by atoms with Crippen LogP contribution in [-0.4, -0.2) is 36.3 Å². The smallest absolute Gasteiger partial charge is 0.406 e. The van der Waals surface area contributed by atoms with E-state index < -0.39 is 6.36 Å². The number of fused-ring (bicyclic) bond motifs is 1. The van der Waals surface area contributed by atoms with Gasteiger partial charge in [-0.3, -0.25) is 4.79 Å². The fourth-order valence-electron chi connectivity index (χ4n) is 4.34. The molecule has 7 heteroatoms. The molecule has 28 heavy (non-hydrogen) atoms. The average Bonchev–Trinajstić information content (AvgIpc) is 3.30. The molecule has 4 rings (SSSR count). The highest BCUT2D eigenvalue weighted by Gasteiger charge is 2.53. The number of carbonyl (C=O) groups is 1. The van der Waals surface area contributed by atoms with E-state index in [1.54, 1.807) is 18.2 Å². The molecule has 1 saturated carbocycles. The Morgan fingerprint density at radius 1 is 1.25 bits per heavy atom. The largest absolute Gasteiger partial charge is 0.573 e. The zero-order valence-corrected chi connectivity index (χ0v) is 15.4. The van der Waals surface area contributed by atoms with Gasteiger partial charge in [-0.25, -0.2) is 0 Å². The lowest BCUT2D eigenvalue weighted by Crippen LogP contribution is -2.43. The molecule has 0 bridgehead atoms. The summed E-state index contributed by atoms with van der Waals surface area (Å²) in [4.78, 5) is 15.1. The minimum Gasteiger partial charge on any atom is -0.406 e. The van der Waals surface area contributed by atoms with Crippen molar-refractivity contribution in [2.45, 2.75) is 25.7 Å². The molecule has 2 fully saturated rings. The van der Waals surface area contributed by atoms with E-state index >= 15 is 0 Å². The van der Waals surface area contributed by atoms with Crippen LogP contribution in [0.25, 0.3) is 11.1 Å². The molecule has 0 aromatic heterocycles. The second kappa shape index (κ2) is 6.81. The first-order valence-electron chi connectivity index (χ1n) is 9.25. The Labute approximate surface area is 161 Å². The van der Waals surface area contributed by atoms with Crippen LogP contribution in [0.15, 0.2) is 42.5 Å². The SMILES string of the molecule is Cc1cccc(C(=O)N2C[C@H]3C[C@H]3[C@H]2CN)c1-c1cccc(OC(F)(F)F)c1. The van der Waals surface area contributed by atoms with Gasteiger partial charge in [-0.05, 0) is 60.1 Å². The number of carbonyl (C=O) groups excluding carboxylic acids is 1. The van der Waals surface area contributed by atoms with Crippen molar-refractivity contribution in [1.82, 2.24) is 4.90 Å². The third-order valence-corrected chi connectivity index (χ3v) is 5.66. The number of likely N-dealkylation sites (tertiary alicyclic amines) is 1. The molecule has 0 radical (unpaired) electrons. The van der Waals surface area contributed by atoms with Crippen molar-refractivity contribution < 1.29 is 22.7 Å². The number of piperidine rings is 1. The molecule has 148 valence electrons. The second-order valence-corrected chi connectivity index (χ2v) is 7.49. The fraction of sp³-hybridized carbons (Fsp3) is 0.381. The molecule has 1 saturated heterocycles. The van der Waals surface area contributed by atoms with E-state index in [2.05, 4.69) is 4.74 Å². The van der Waals surface area contributed by atoms with E-state index in [0.717, 1.165) is 12.0 Å². The van der Waals surface area contributed by atoms with Crippen molar-refractivity contribution in [1.29, 1.82) is 0 Å². The Kier molecular flexibility index (Phi) is 4.57. The van der Waals surface area contributed by atoms with Gasteiger partial charge in [-0.1, -0.05) is 24.3 Å². The van der Waals surface area contributed by atoms with Crippen LogP contribution in [-0.2, 0) is 0 Å². The summed E-state index contributed by atoms with van der Waals surface area (Å²) in [5.41, 5.74) is 8.32. The number of halogens is 3. The van der Waals surface area contributed by atoms with Gasteiger partial charge in [0.1, 0.15) is 5.75 Å². The van der Waals surface area contributed by atoms with Gasteiger partial charge in [-0.15, -0.1) is 13.2 Å². The maximum absolute atomic E-state index is 13.3. The van der Waals surface area contributed by atoms with E-state index in [4.69, 9.17) is 5.73 Å². The Hall–Kier alpha value is -2.54. The lowest BCUT2D eigenvalue weighted by molar-refractivity contribution is -0.274. The quantitative estimate of drug-likeness (QED) is 0.859. The van der Waals surface area contributed by atoms with Crippen LogP contribution < -0.4 is 10.5 Å². The van der Waals surface area contributed by atoms with Crippen molar-refractivity contribution in [2.24, 2.45) is 17.6 Å². The van der Waals surface area contributed by atoms with Gasteiger partial charge in [0.25, 0.3) is 5.91 Å². The molecule has 1 amide bonds. The number of rotatable bonds is 4. The Morgan fingerprint density at radius 3 is 2.71 bits per heavy atom. The number of amides is 1. The number of nitrogens with two attached hydrogens (primary N) is 1. The van der Waals surface area contributed by atoms with Gasteiger partial charge in [-0.2, -0.15) is 0 Å². The monoisotopic (exact) mass is 390 g/mol. The summed E-state index contributed by atoms with van der Waals surface area (Å²) in [5.74, 6) is 0.567. The number of alkyl halides is 3. The Bertz CT molecular complexity index is 913. The van der Waals surface area contributed by atoms with E-state index in [1.807, 2.05) is 17.9 Å². The third kappa shape index (κ3) is 3.46. The molecule has 0 unspecified atom stereocenters. The predicted molar refractivity (Wildman–Crippen MR) is 98.8 cm³/mol. The molecule has 4 nitrogen and oxygen atoms in total. The van der Waals surface area contributed by atoms with Crippen LogP contribution in [0.2, 0.25) is 0 Å². The molecule has 2 aromatic carbocycles. The molecular formula is C21H21F3N2O2. The van der Waals surface area contributed by atoms with Crippen molar-refractivity contribution in [2.75, 3.05) is 13.1 Å². The van der Waals surface area contributed by atoms with Gasteiger partial charge < -0.3 is 15.4 Å². The number of hydrogen-bond acceptors (Lipinski definition) is 3. The van der Waals surface area contributed by atoms with Crippen molar-refractivity contribution in [3.8, 4) is 16.9 Å². The van der Waals surface area contributed by atoms with Gasteiger partial charge in [0, 0.05) is 24.7 Å². The highest BCUT2D eigenvalue weighted by atomic mass is 19.4. The van der Waals surface area contributed by atoms with Gasteiger partial charge in [0.15, 0.2) is 0 Å². The summed E-state index contributed by atoms with van der Waals surface area (Å²) in [5, 5.41) is 0. The molecule has 2 aromatic rings. The summed E-state index contributed by atoms with van der Waals surface area (Å²) >= 11 is 0. The molecule has 2 aliphatic rings. The summed E-state index contributed by atoms with van der Waals surface area (Å²) in [6.45, 7) is 2.95. The van der Waals surface area contributed by atoms with Crippen LogP contribution in [0.3, 0.4) is 0 Å². The third-order valence-electron chi connectivity index (χ3n) is 5.66. The Balaban J connectivity index is 1.71. The van der Waals surface area contributed by atoms with Gasteiger partial charge in [0.05, 0.1) is 0 Å². The van der Waals surface area contributed by atoms with Crippen LogP contribution in [0.4, 0.5) is 13.2 Å². The highest BCUT2D eigenvalue weighted by molar-refractivity contribution is 6.02. The maximum atomic E-state index is 13.3. The van der Waals surface area contributed by atoms with Crippen molar-refractivity contribution >= 4 is 5.91 Å². The summed E-state index contributed by atoms with van der Waals surface area (Å²) in [7, 11) is 0. The standard InChI is InChI=1S/C21H21F3N2O2/c1-12-4-2-7-16(20(27)26-11-14-9-17(14)18(26)10-25)19(12)13-5-3-6-15(8-13)28-21(22,23)24/h2-8,14,17-18H,9-11,25H2,1H3/t14-,17-,18-/m1/s1. The normalized spacial score (nSPS) is 23.5. The summed E-state index contributed by atoms with van der Waals surface area (Å²) in [6.07, 6.45) is -3.66. The highest BCUT2D eigenvalue weighted by Crippen LogP contribution is 2.49. The molecule has 1 heterocycles. The van der Waals surface area contributed by atoms with Crippen LogP contribution >= 0.6 is 0 Å². The second-order valence-electron chi connectivity index (χ2n) is 7.49. The molecule has 1 aliphatic carbocycles. The van der Waals surface area contributed by atoms with Crippen LogP contribution in [0, 0.1) is 18.8 Å². The number of aryl methyl sites for hydroxylation is 1. The minimum atomic E-state index is -4.77. The topological polar surface area (TPSA) is 55.6 Å². The molecular weight excluding hydrogens is 369 g/mol. The zero-order valence-electron chi connectivity index (χ0n) is 15.4. The van der Waals surface area contributed by atoms with Crippen LogP contribution in [0.1, 0.15) is 22.3 Å². The molecule has 1 aliphatic heterocycles. The molecule has 2 N–H and O–H groups in total. The van der Waals surface area contributed by atoms with Gasteiger partial charge in [0.2, 0.25) is 0 Å². The number of nitrogens with zero attached hydrogens (tertiary/aromatic N) is 1. The first kappa shape index (κ1) is 18.8. The number of ether oxygens (including phenoxy) is 1. The Morgan fingerprint density at radius 2 is 2.00 bits per heavy atom. The molecule has 0 spiro atoms. The minimum absolute atomic E-state index is 0.0331. The van der Waals surface area contributed by atoms with Crippen molar-refractivity contribution in [3.05, 3.63) is 53.6 Å². The maximum Gasteiger partial charge on any atom is 0.573 e. The van der Waals surface area contributed by atoms with Gasteiger partial charge >= 0.3 is 6.36 Å². The molecule has 3 atom stereocenters. The van der Waals surface area contributed by atoms with Crippen LogP contribution in [0.5, 0.6) is 5.75 Å².